The lowest BCUT2D eigenvalue weighted by atomic mass is 9.92. The molecule has 0 amide bonds. The van der Waals surface area contributed by atoms with Gasteiger partial charge in [-0.15, -0.1) is 0 Å². The van der Waals surface area contributed by atoms with Crippen LogP contribution in [-0.2, 0) is 9.47 Å². The molecule has 2 fully saturated rings. The fraction of sp³-hybridized carbons (Fsp3) is 1.00. The highest BCUT2D eigenvalue weighted by Gasteiger charge is 2.47. The molecule has 2 rings (SSSR count). The van der Waals surface area contributed by atoms with Gasteiger partial charge < -0.3 is 9.47 Å². The van der Waals surface area contributed by atoms with Crippen LogP contribution in [0.15, 0.2) is 0 Å². The van der Waals surface area contributed by atoms with Crippen LogP contribution in [0.3, 0.4) is 0 Å². The first-order chi connectivity index (χ1) is 6.29. The van der Waals surface area contributed by atoms with Gasteiger partial charge in [-0.3, -0.25) is 0 Å². The minimum Gasteiger partial charge on any atom is -0.348 e. The molecule has 1 aliphatic carbocycles. The summed E-state index contributed by atoms with van der Waals surface area (Å²) in [5.41, 5.74) is 0. The maximum absolute atomic E-state index is 5.74. The Bertz CT molecular complexity index is 159. The molecule has 0 radical (unpaired) electrons. The molecule has 0 aromatic rings. The highest BCUT2D eigenvalue weighted by atomic mass is 16.7. The van der Waals surface area contributed by atoms with E-state index in [2.05, 4.69) is 13.8 Å². The molecule has 2 unspecified atom stereocenters. The first-order valence-electron chi connectivity index (χ1n) is 5.57. The predicted octanol–water partition coefficient (Wildman–Crippen LogP) is 2.58. The van der Waals surface area contributed by atoms with Crippen LogP contribution in [0, 0.1) is 11.8 Å². The molecular formula is C11H20O2. The number of hydrogen-bond acceptors (Lipinski definition) is 2. The summed E-state index contributed by atoms with van der Waals surface area (Å²) in [5.74, 6) is 1.48. The minimum atomic E-state index is -0.165. The first kappa shape index (κ1) is 9.47. The molecule has 0 N–H and O–H groups in total. The first-order valence-corrected chi connectivity index (χ1v) is 5.57. The molecule has 0 aromatic heterocycles. The number of hydrogen-bond donors (Lipinski definition) is 0. The van der Waals surface area contributed by atoms with E-state index in [1.807, 2.05) is 0 Å². The Morgan fingerprint density at radius 1 is 1.00 bits per heavy atom. The fourth-order valence-electron chi connectivity index (χ4n) is 2.90. The lowest BCUT2D eigenvalue weighted by Gasteiger charge is -2.21. The van der Waals surface area contributed by atoms with Crippen molar-refractivity contribution >= 4 is 0 Å². The van der Waals surface area contributed by atoms with Crippen LogP contribution in [0.4, 0.5) is 0 Å². The van der Waals surface area contributed by atoms with E-state index in [4.69, 9.17) is 9.47 Å². The van der Waals surface area contributed by atoms with Crippen molar-refractivity contribution in [3.05, 3.63) is 0 Å². The molecule has 1 spiro atoms. The largest absolute Gasteiger partial charge is 0.348 e. The van der Waals surface area contributed by atoms with Crippen LogP contribution in [0.1, 0.15) is 39.5 Å². The summed E-state index contributed by atoms with van der Waals surface area (Å²) in [5, 5.41) is 0. The molecule has 1 saturated heterocycles. The van der Waals surface area contributed by atoms with Crippen molar-refractivity contribution in [3.63, 3.8) is 0 Å². The Balaban J connectivity index is 2.03. The molecule has 13 heavy (non-hydrogen) atoms. The molecule has 2 heteroatoms. The summed E-state index contributed by atoms with van der Waals surface area (Å²) in [4.78, 5) is 0. The minimum absolute atomic E-state index is 0.165. The maximum Gasteiger partial charge on any atom is 0.169 e. The molecule has 1 saturated carbocycles. The Hall–Kier alpha value is -0.0800. The summed E-state index contributed by atoms with van der Waals surface area (Å²) in [6.07, 6.45) is 4.80. The zero-order valence-electron chi connectivity index (χ0n) is 8.71. The SMILES string of the molecule is CCC1CC2(CC1CC)OCCO2. The monoisotopic (exact) mass is 184 g/mol. The van der Waals surface area contributed by atoms with Crippen LogP contribution in [0.5, 0.6) is 0 Å². The summed E-state index contributed by atoms with van der Waals surface area (Å²) in [6, 6.07) is 0. The summed E-state index contributed by atoms with van der Waals surface area (Å²) in [7, 11) is 0. The van der Waals surface area contributed by atoms with E-state index in [1.165, 1.54) is 12.8 Å². The second-order valence-electron chi connectivity index (χ2n) is 4.35. The van der Waals surface area contributed by atoms with Crippen LogP contribution in [0.25, 0.3) is 0 Å². The Morgan fingerprint density at radius 2 is 1.46 bits per heavy atom. The van der Waals surface area contributed by atoms with Gasteiger partial charge in [0.25, 0.3) is 0 Å². The van der Waals surface area contributed by atoms with Gasteiger partial charge in [-0.05, 0) is 11.8 Å². The van der Waals surface area contributed by atoms with Gasteiger partial charge in [0.1, 0.15) is 0 Å². The van der Waals surface area contributed by atoms with Gasteiger partial charge in [-0.25, -0.2) is 0 Å². The highest BCUT2D eigenvalue weighted by Crippen LogP contribution is 2.46. The molecule has 2 nitrogen and oxygen atoms in total. The Kier molecular flexibility index (Phi) is 2.61. The quantitative estimate of drug-likeness (QED) is 0.656. The van der Waals surface area contributed by atoms with Gasteiger partial charge in [0, 0.05) is 12.8 Å². The van der Waals surface area contributed by atoms with Crippen molar-refractivity contribution < 1.29 is 9.47 Å². The van der Waals surface area contributed by atoms with Gasteiger partial charge >= 0.3 is 0 Å². The average Bonchev–Trinajstić information content (AvgIpc) is 2.74. The predicted molar refractivity (Wildman–Crippen MR) is 51.4 cm³/mol. The summed E-state index contributed by atoms with van der Waals surface area (Å²) < 4.78 is 11.5. The van der Waals surface area contributed by atoms with Crippen molar-refractivity contribution in [3.8, 4) is 0 Å². The highest BCUT2D eigenvalue weighted by molar-refractivity contribution is 4.90. The average molecular weight is 184 g/mol. The number of rotatable bonds is 2. The van der Waals surface area contributed by atoms with Crippen LogP contribution in [0.2, 0.25) is 0 Å². The second-order valence-corrected chi connectivity index (χ2v) is 4.35. The van der Waals surface area contributed by atoms with Crippen molar-refractivity contribution in [1.82, 2.24) is 0 Å². The van der Waals surface area contributed by atoms with E-state index in [0.29, 0.717) is 0 Å². The summed E-state index contributed by atoms with van der Waals surface area (Å²) in [6.45, 7) is 6.16. The van der Waals surface area contributed by atoms with E-state index in [1.54, 1.807) is 0 Å². The van der Waals surface area contributed by atoms with Gasteiger partial charge in [-0.2, -0.15) is 0 Å². The molecule has 0 bridgehead atoms. The molecule has 2 aliphatic rings. The topological polar surface area (TPSA) is 18.5 Å². The van der Waals surface area contributed by atoms with Crippen LogP contribution >= 0.6 is 0 Å². The third-order valence-corrected chi connectivity index (χ3v) is 3.68. The van der Waals surface area contributed by atoms with Gasteiger partial charge in [0.15, 0.2) is 5.79 Å². The van der Waals surface area contributed by atoms with E-state index in [-0.39, 0.29) is 5.79 Å². The van der Waals surface area contributed by atoms with Gasteiger partial charge in [-0.1, -0.05) is 26.7 Å². The number of ether oxygens (including phenoxy) is 2. The van der Waals surface area contributed by atoms with Crippen LogP contribution in [-0.4, -0.2) is 19.0 Å². The molecule has 1 heterocycles. The molecule has 2 atom stereocenters. The third kappa shape index (κ3) is 1.62. The Labute approximate surface area is 80.6 Å². The third-order valence-electron chi connectivity index (χ3n) is 3.68. The Morgan fingerprint density at radius 3 is 1.85 bits per heavy atom. The van der Waals surface area contributed by atoms with E-state index in [9.17, 15) is 0 Å². The van der Waals surface area contributed by atoms with Crippen molar-refractivity contribution in [2.75, 3.05) is 13.2 Å². The summed E-state index contributed by atoms with van der Waals surface area (Å²) >= 11 is 0. The lowest BCUT2D eigenvalue weighted by Crippen LogP contribution is -2.26. The van der Waals surface area contributed by atoms with E-state index >= 15 is 0 Å². The molecule has 1 aliphatic heterocycles. The second kappa shape index (κ2) is 3.58. The smallest absolute Gasteiger partial charge is 0.169 e. The normalized spacial score (nSPS) is 37.4. The lowest BCUT2D eigenvalue weighted by molar-refractivity contribution is -0.154. The van der Waals surface area contributed by atoms with Crippen molar-refractivity contribution in [2.45, 2.75) is 45.3 Å². The fourth-order valence-corrected chi connectivity index (χ4v) is 2.90. The van der Waals surface area contributed by atoms with Crippen molar-refractivity contribution in [2.24, 2.45) is 11.8 Å². The standard InChI is InChI=1S/C11H20O2/c1-3-9-7-11(8-10(9)4-2)12-5-6-13-11/h9-10H,3-8H2,1-2H3. The molecule has 76 valence electrons. The molecular weight excluding hydrogens is 164 g/mol. The van der Waals surface area contributed by atoms with Crippen LogP contribution < -0.4 is 0 Å². The van der Waals surface area contributed by atoms with Gasteiger partial charge in [0.05, 0.1) is 13.2 Å². The van der Waals surface area contributed by atoms with E-state index in [0.717, 1.165) is 37.9 Å². The molecule has 0 aromatic carbocycles. The van der Waals surface area contributed by atoms with Gasteiger partial charge in [0.2, 0.25) is 0 Å². The van der Waals surface area contributed by atoms with E-state index < -0.39 is 0 Å². The van der Waals surface area contributed by atoms with Crippen molar-refractivity contribution in [1.29, 1.82) is 0 Å². The maximum atomic E-state index is 5.74. The zero-order chi connectivity index (χ0) is 9.31. The zero-order valence-corrected chi connectivity index (χ0v) is 8.71.